The Balaban J connectivity index is 1.89. The molecule has 0 aromatic carbocycles. The SMILES string of the molecule is CCN(CC)C1CCN(Cc2ccnc(Cl)c2)C1. The fourth-order valence-electron chi connectivity index (χ4n) is 2.79. The summed E-state index contributed by atoms with van der Waals surface area (Å²) < 4.78 is 0. The van der Waals surface area contributed by atoms with Crippen molar-refractivity contribution in [1.82, 2.24) is 14.8 Å². The summed E-state index contributed by atoms with van der Waals surface area (Å²) in [4.78, 5) is 9.09. The number of halogens is 1. The zero-order chi connectivity index (χ0) is 13.0. The molecular weight excluding hydrogens is 246 g/mol. The van der Waals surface area contributed by atoms with Crippen LogP contribution in [-0.2, 0) is 6.54 Å². The fourth-order valence-corrected chi connectivity index (χ4v) is 2.99. The maximum absolute atomic E-state index is 5.92. The first-order valence-corrected chi connectivity index (χ1v) is 7.17. The van der Waals surface area contributed by atoms with Gasteiger partial charge in [0.25, 0.3) is 0 Å². The zero-order valence-corrected chi connectivity index (χ0v) is 12.0. The van der Waals surface area contributed by atoms with Gasteiger partial charge in [0.2, 0.25) is 0 Å². The van der Waals surface area contributed by atoms with Gasteiger partial charge in [-0.15, -0.1) is 0 Å². The average molecular weight is 268 g/mol. The lowest BCUT2D eigenvalue weighted by Crippen LogP contribution is -2.37. The second kappa shape index (κ2) is 6.50. The third kappa shape index (κ3) is 3.44. The fraction of sp³-hybridized carbons (Fsp3) is 0.643. The Kier molecular flexibility index (Phi) is 4.98. The molecule has 2 heterocycles. The van der Waals surface area contributed by atoms with Crippen LogP contribution in [-0.4, -0.2) is 47.0 Å². The van der Waals surface area contributed by atoms with Gasteiger partial charge in [0.15, 0.2) is 0 Å². The first-order valence-electron chi connectivity index (χ1n) is 6.79. The summed E-state index contributed by atoms with van der Waals surface area (Å²) in [5.41, 5.74) is 1.26. The molecule has 4 heteroatoms. The first-order chi connectivity index (χ1) is 8.72. The number of hydrogen-bond acceptors (Lipinski definition) is 3. The number of aromatic nitrogens is 1. The van der Waals surface area contributed by atoms with Crippen molar-refractivity contribution < 1.29 is 0 Å². The Morgan fingerprint density at radius 3 is 2.89 bits per heavy atom. The molecule has 1 aliphatic heterocycles. The lowest BCUT2D eigenvalue weighted by atomic mass is 10.2. The van der Waals surface area contributed by atoms with Gasteiger partial charge in [-0.3, -0.25) is 9.80 Å². The Labute approximate surface area is 115 Å². The number of likely N-dealkylation sites (N-methyl/N-ethyl adjacent to an activating group) is 1. The molecule has 1 aromatic rings. The van der Waals surface area contributed by atoms with Crippen LogP contribution in [0.15, 0.2) is 18.3 Å². The largest absolute Gasteiger partial charge is 0.300 e. The van der Waals surface area contributed by atoms with E-state index in [4.69, 9.17) is 11.6 Å². The number of likely N-dealkylation sites (tertiary alicyclic amines) is 1. The molecule has 1 unspecified atom stereocenters. The molecule has 0 saturated carbocycles. The third-order valence-electron chi connectivity index (χ3n) is 3.77. The normalized spacial score (nSPS) is 20.8. The molecule has 0 amide bonds. The number of nitrogens with zero attached hydrogens (tertiary/aromatic N) is 3. The molecule has 2 rings (SSSR count). The smallest absolute Gasteiger partial charge is 0.129 e. The molecule has 1 fully saturated rings. The van der Waals surface area contributed by atoms with Gasteiger partial charge in [-0.25, -0.2) is 4.98 Å². The highest BCUT2D eigenvalue weighted by Crippen LogP contribution is 2.18. The minimum atomic E-state index is 0.590. The van der Waals surface area contributed by atoms with Crippen LogP contribution >= 0.6 is 11.6 Å². The molecule has 0 aliphatic carbocycles. The van der Waals surface area contributed by atoms with Gasteiger partial charge in [-0.2, -0.15) is 0 Å². The Hall–Kier alpha value is -0.640. The monoisotopic (exact) mass is 267 g/mol. The predicted molar refractivity (Wildman–Crippen MR) is 75.9 cm³/mol. The van der Waals surface area contributed by atoms with Crippen molar-refractivity contribution in [3.8, 4) is 0 Å². The van der Waals surface area contributed by atoms with Crippen molar-refractivity contribution in [2.45, 2.75) is 32.9 Å². The summed E-state index contributed by atoms with van der Waals surface area (Å²) in [5.74, 6) is 0. The lowest BCUT2D eigenvalue weighted by Gasteiger charge is -2.26. The van der Waals surface area contributed by atoms with Crippen molar-refractivity contribution in [3.63, 3.8) is 0 Å². The predicted octanol–water partition coefficient (Wildman–Crippen LogP) is 2.65. The second-order valence-electron chi connectivity index (χ2n) is 4.89. The molecule has 3 nitrogen and oxygen atoms in total. The highest BCUT2D eigenvalue weighted by Gasteiger charge is 2.25. The number of hydrogen-bond donors (Lipinski definition) is 0. The summed E-state index contributed by atoms with van der Waals surface area (Å²) in [6, 6.07) is 4.74. The molecule has 0 radical (unpaired) electrons. The molecular formula is C14H22ClN3. The Bertz CT molecular complexity index is 379. The van der Waals surface area contributed by atoms with E-state index in [9.17, 15) is 0 Å². The third-order valence-corrected chi connectivity index (χ3v) is 3.98. The first kappa shape index (κ1) is 13.8. The Morgan fingerprint density at radius 2 is 2.22 bits per heavy atom. The van der Waals surface area contributed by atoms with Gasteiger partial charge in [-0.1, -0.05) is 25.4 Å². The van der Waals surface area contributed by atoms with Crippen LogP contribution in [0, 0.1) is 0 Å². The van der Waals surface area contributed by atoms with E-state index in [2.05, 4.69) is 34.7 Å². The summed E-state index contributed by atoms with van der Waals surface area (Å²) in [5, 5.41) is 0.590. The van der Waals surface area contributed by atoms with Crippen LogP contribution in [0.4, 0.5) is 0 Å². The second-order valence-corrected chi connectivity index (χ2v) is 5.27. The van der Waals surface area contributed by atoms with E-state index in [0.29, 0.717) is 5.15 Å². The average Bonchev–Trinajstić information content (AvgIpc) is 2.79. The quantitative estimate of drug-likeness (QED) is 0.765. The van der Waals surface area contributed by atoms with E-state index in [1.165, 1.54) is 25.1 Å². The highest BCUT2D eigenvalue weighted by atomic mass is 35.5. The molecule has 1 saturated heterocycles. The number of pyridine rings is 1. The minimum absolute atomic E-state index is 0.590. The van der Waals surface area contributed by atoms with E-state index < -0.39 is 0 Å². The van der Waals surface area contributed by atoms with Crippen LogP contribution in [0.5, 0.6) is 0 Å². The van der Waals surface area contributed by atoms with Gasteiger partial charge in [0, 0.05) is 31.9 Å². The van der Waals surface area contributed by atoms with Gasteiger partial charge in [0.05, 0.1) is 0 Å². The minimum Gasteiger partial charge on any atom is -0.300 e. The molecule has 18 heavy (non-hydrogen) atoms. The zero-order valence-electron chi connectivity index (χ0n) is 11.3. The van der Waals surface area contributed by atoms with Crippen molar-refractivity contribution in [2.75, 3.05) is 26.2 Å². The van der Waals surface area contributed by atoms with Gasteiger partial charge in [-0.05, 0) is 37.2 Å². The number of rotatable bonds is 5. The van der Waals surface area contributed by atoms with E-state index in [0.717, 1.165) is 25.7 Å². The molecule has 1 aliphatic rings. The van der Waals surface area contributed by atoms with Crippen molar-refractivity contribution >= 4 is 11.6 Å². The van der Waals surface area contributed by atoms with Crippen molar-refractivity contribution in [1.29, 1.82) is 0 Å². The van der Waals surface area contributed by atoms with Crippen LogP contribution in [0.1, 0.15) is 25.8 Å². The van der Waals surface area contributed by atoms with Crippen LogP contribution in [0.2, 0.25) is 5.15 Å². The topological polar surface area (TPSA) is 19.4 Å². The van der Waals surface area contributed by atoms with Crippen LogP contribution in [0.25, 0.3) is 0 Å². The van der Waals surface area contributed by atoms with Gasteiger partial charge in [0.1, 0.15) is 5.15 Å². The van der Waals surface area contributed by atoms with Gasteiger partial charge >= 0.3 is 0 Å². The van der Waals surface area contributed by atoms with E-state index in [-0.39, 0.29) is 0 Å². The molecule has 1 aromatic heterocycles. The molecule has 0 bridgehead atoms. The lowest BCUT2D eigenvalue weighted by molar-refractivity contribution is 0.209. The van der Waals surface area contributed by atoms with Crippen LogP contribution < -0.4 is 0 Å². The van der Waals surface area contributed by atoms with E-state index in [1.54, 1.807) is 6.20 Å². The molecule has 1 atom stereocenters. The molecule has 0 N–H and O–H groups in total. The standard InChI is InChI=1S/C14H22ClN3/c1-3-18(4-2)13-6-8-17(11-13)10-12-5-7-16-14(15)9-12/h5,7,9,13H,3-4,6,8,10-11H2,1-2H3. The summed E-state index contributed by atoms with van der Waals surface area (Å²) in [7, 11) is 0. The van der Waals surface area contributed by atoms with E-state index >= 15 is 0 Å². The van der Waals surface area contributed by atoms with Crippen molar-refractivity contribution in [3.05, 3.63) is 29.0 Å². The van der Waals surface area contributed by atoms with Gasteiger partial charge < -0.3 is 0 Å². The van der Waals surface area contributed by atoms with Crippen molar-refractivity contribution in [2.24, 2.45) is 0 Å². The summed E-state index contributed by atoms with van der Waals surface area (Å²) in [6.45, 7) is 10.1. The summed E-state index contributed by atoms with van der Waals surface area (Å²) >= 11 is 5.92. The van der Waals surface area contributed by atoms with E-state index in [1.807, 2.05) is 6.07 Å². The summed E-state index contributed by atoms with van der Waals surface area (Å²) in [6.07, 6.45) is 3.07. The maximum Gasteiger partial charge on any atom is 0.129 e. The molecule has 100 valence electrons. The highest BCUT2D eigenvalue weighted by molar-refractivity contribution is 6.29. The van der Waals surface area contributed by atoms with Crippen LogP contribution in [0.3, 0.4) is 0 Å². The Morgan fingerprint density at radius 1 is 1.44 bits per heavy atom. The molecule has 0 spiro atoms. The maximum atomic E-state index is 5.92.